The summed E-state index contributed by atoms with van der Waals surface area (Å²) in [5.41, 5.74) is 1.07. The normalized spacial score (nSPS) is 10.1. The first kappa shape index (κ1) is 12.4. The Morgan fingerprint density at radius 1 is 1.11 bits per heavy atom. The van der Waals surface area contributed by atoms with E-state index in [1.807, 2.05) is 43.5 Å². The van der Waals surface area contributed by atoms with Crippen LogP contribution in [0.1, 0.15) is 12.6 Å². The van der Waals surface area contributed by atoms with Crippen LogP contribution < -0.4 is 10.1 Å². The van der Waals surface area contributed by atoms with Gasteiger partial charge < -0.3 is 10.1 Å². The molecule has 18 heavy (non-hydrogen) atoms. The Morgan fingerprint density at radius 3 is 2.78 bits per heavy atom. The summed E-state index contributed by atoms with van der Waals surface area (Å²) < 4.78 is 5.50. The van der Waals surface area contributed by atoms with E-state index in [2.05, 4.69) is 15.3 Å². The lowest BCUT2D eigenvalue weighted by Crippen LogP contribution is -2.08. The Labute approximate surface area is 107 Å². The fraction of sp³-hybridized carbons (Fsp3) is 0.286. The number of rotatable bonds is 6. The highest BCUT2D eigenvalue weighted by atomic mass is 16.5. The fourth-order valence-electron chi connectivity index (χ4n) is 1.65. The number of ether oxygens (including phenoxy) is 1. The number of nitrogens with one attached hydrogen (secondary N) is 1. The first-order valence-electron chi connectivity index (χ1n) is 6.11. The van der Waals surface area contributed by atoms with Crippen LogP contribution in [0.25, 0.3) is 0 Å². The molecule has 0 fully saturated rings. The predicted molar refractivity (Wildman–Crippen MR) is 71.8 cm³/mol. The minimum atomic E-state index is 0.639. The van der Waals surface area contributed by atoms with Crippen LogP contribution in [0, 0.1) is 0 Å². The molecule has 0 unspecified atom stereocenters. The molecule has 0 radical (unpaired) electrons. The number of hydrogen-bond acceptors (Lipinski definition) is 4. The molecule has 0 bridgehead atoms. The van der Waals surface area contributed by atoms with Crippen molar-refractivity contribution in [2.75, 3.05) is 18.5 Å². The number of pyridine rings is 2. The van der Waals surface area contributed by atoms with Gasteiger partial charge in [-0.1, -0.05) is 6.07 Å². The summed E-state index contributed by atoms with van der Waals surface area (Å²) in [6.07, 6.45) is 4.43. The van der Waals surface area contributed by atoms with E-state index in [1.54, 1.807) is 6.20 Å². The SMILES string of the molecule is CCOc1cccnc1NCCc1ccccn1. The average molecular weight is 243 g/mol. The lowest BCUT2D eigenvalue weighted by Gasteiger charge is -2.10. The van der Waals surface area contributed by atoms with Gasteiger partial charge in [0.05, 0.1) is 6.61 Å². The van der Waals surface area contributed by atoms with E-state index in [0.29, 0.717) is 6.61 Å². The Kier molecular flexibility index (Phi) is 4.53. The molecule has 0 amide bonds. The molecular weight excluding hydrogens is 226 g/mol. The zero-order valence-corrected chi connectivity index (χ0v) is 10.5. The highest BCUT2D eigenvalue weighted by molar-refractivity contribution is 5.49. The molecule has 1 N–H and O–H groups in total. The summed E-state index contributed by atoms with van der Waals surface area (Å²) in [6, 6.07) is 9.72. The van der Waals surface area contributed by atoms with Crippen LogP contribution in [0.5, 0.6) is 5.75 Å². The van der Waals surface area contributed by atoms with Crippen molar-refractivity contribution in [2.45, 2.75) is 13.3 Å². The van der Waals surface area contributed by atoms with Gasteiger partial charge in [-0.3, -0.25) is 4.98 Å². The van der Waals surface area contributed by atoms with Crippen molar-refractivity contribution < 1.29 is 4.74 Å². The third kappa shape index (κ3) is 3.45. The number of aromatic nitrogens is 2. The predicted octanol–water partition coefficient (Wildman–Crippen LogP) is 2.53. The zero-order chi connectivity index (χ0) is 12.6. The summed E-state index contributed by atoms with van der Waals surface area (Å²) in [7, 11) is 0. The van der Waals surface area contributed by atoms with Gasteiger partial charge in [-0.2, -0.15) is 0 Å². The monoisotopic (exact) mass is 243 g/mol. The number of anilines is 1. The molecule has 0 spiro atoms. The van der Waals surface area contributed by atoms with E-state index in [0.717, 1.165) is 30.2 Å². The summed E-state index contributed by atoms with van der Waals surface area (Å²) >= 11 is 0. The first-order valence-corrected chi connectivity index (χ1v) is 6.11. The highest BCUT2D eigenvalue weighted by Crippen LogP contribution is 2.20. The van der Waals surface area contributed by atoms with Crippen LogP contribution >= 0.6 is 0 Å². The van der Waals surface area contributed by atoms with Crippen molar-refractivity contribution in [3.05, 3.63) is 48.4 Å². The highest BCUT2D eigenvalue weighted by Gasteiger charge is 2.02. The minimum Gasteiger partial charge on any atom is -0.490 e. The van der Waals surface area contributed by atoms with Gasteiger partial charge in [0.2, 0.25) is 0 Å². The van der Waals surface area contributed by atoms with E-state index >= 15 is 0 Å². The Hall–Kier alpha value is -2.10. The molecule has 0 atom stereocenters. The van der Waals surface area contributed by atoms with Crippen molar-refractivity contribution in [1.82, 2.24) is 9.97 Å². The zero-order valence-electron chi connectivity index (χ0n) is 10.5. The van der Waals surface area contributed by atoms with E-state index in [-0.39, 0.29) is 0 Å². The second-order valence-corrected chi connectivity index (χ2v) is 3.78. The van der Waals surface area contributed by atoms with E-state index < -0.39 is 0 Å². The molecule has 0 aliphatic heterocycles. The van der Waals surface area contributed by atoms with Crippen molar-refractivity contribution in [1.29, 1.82) is 0 Å². The quantitative estimate of drug-likeness (QED) is 0.847. The molecule has 0 aliphatic carbocycles. The van der Waals surface area contributed by atoms with E-state index in [1.165, 1.54) is 0 Å². The van der Waals surface area contributed by atoms with Crippen molar-refractivity contribution in [2.24, 2.45) is 0 Å². The standard InChI is InChI=1S/C14H17N3O/c1-2-18-13-7-5-10-16-14(13)17-11-8-12-6-3-4-9-15-12/h3-7,9-10H,2,8,11H2,1H3,(H,16,17). The van der Waals surface area contributed by atoms with Crippen LogP contribution in [-0.4, -0.2) is 23.1 Å². The van der Waals surface area contributed by atoms with Gasteiger partial charge in [-0.25, -0.2) is 4.98 Å². The third-order valence-corrected chi connectivity index (χ3v) is 2.47. The molecule has 2 aromatic rings. The second kappa shape index (κ2) is 6.59. The van der Waals surface area contributed by atoms with Crippen molar-refractivity contribution in [3.63, 3.8) is 0 Å². The van der Waals surface area contributed by atoms with Crippen LogP contribution in [0.2, 0.25) is 0 Å². The summed E-state index contributed by atoms with van der Waals surface area (Å²) in [6.45, 7) is 3.39. The maximum atomic E-state index is 5.50. The largest absolute Gasteiger partial charge is 0.490 e. The lowest BCUT2D eigenvalue weighted by molar-refractivity contribution is 0.340. The summed E-state index contributed by atoms with van der Waals surface area (Å²) in [5, 5.41) is 3.27. The first-order chi connectivity index (χ1) is 8.90. The van der Waals surface area contributed by atoms with Crippen LogP contribution in [0.3, 0.4) is 0 Å². The molecule has 4 nitrogen and oxygen atoms in total. The Balaban J connectivity index is 1.90. The van der Waals surface area contributed by atoms with Crippen LogP contribution in [0.15, 0.2) is 42.7 Å². The molecule has 2 aromatic heterocycles. The lowest BCUT2D eigenvalue weighted by atomic mass is 10.3. The maximum Gasteiger partial charge on any atom is 0.168 e. The second-order valence-electron chi connectivity index (χ2n) is 3.78. The topological polar surface area (TPSA) is 47.0 Å². The van der Waals surface area contributed by atoms with Gasteiger partial charge in [0.1, 0.15) is 0 Å². The molecule has 2 heterocycles. The molecule has 0 aromatic carbocycles. The van der Waals surface area contributed by atoms with Crippen LogP contribution in [-0.2, 0) is 6.42 Å². The molecule has 94 valence electrons. The molecule has 2 rings (SSSR count). The summed E-state index contributed by atoms with van der Waals surface area (Å²) in [4.78, 5) is 8.55. The molecular formula is C14H17N3O. The van der Waals surface area contributed by atoms with Gasteiger partial charge in [0.15, 0.2) is 11.6 Å². The number of hydrogen-bond donors (Lipinski definition) is 1. The van der Waals surface area contributed by atoms with Gasteiger partial charge in [-0.15, -0.1) is 0 Å². The molecule has 0 saturated carbocycles. The van der Waals surface area contributed by atoms with E-state index in [4.69, 9.17) is 4.74 Å². The third-order valence-electron chi connectivity index (χ3n) is 2.47. The number of nitrogens with zero attached hydrogens (tertiary/aromatic N) is 2. The van der Waals surface area contributed by atoms with Crippen molar-refractivity contribution >= 4 is 5.82 Å². The molecule has 4 heteroatoms. The summed E-state index contributed by atoms with van der Waals surface area (Å²) in [5.74, 6) is 1.58. The van der Waals surface area contributed by atoms with Gasteiger partial charge >= 0.3 is 0 Å². The van der Waals surface area contributed by atoms with E-state index in [9.17, 15) is 0 Å². The maximum absolute atomic E-state index is 5.50. The Morgan fingerprint density at radius 2 is 2.00 bits per heavy atom. The molecule has 0 aliphatic rings. The smallest absolute Gasteiger partial charge is 0.168 e. The minimum absolute atomic E-state index is 0.639. The van der Waals surface area contributed by atoms with Gasteiger partial charge in [0.25, 0.3) is 0 Å². The molecule has 0 saturated heterocycles. The Bertz CT molecular complexity index is 473. The van der Waals surface area contributed by atoms with Crippen molar-refractivity contribution in [3.8, 4) is 5.75 Å². The van der Waals surface area contributed by atoms with Gasteiger partial charge in [0, 0.05) is 31.1 Å². The van der Waals surface area contributed by atoms with Gasteiger partial charge in [-0.05, 0) is 31.2 Å². The average Bonchev–Trinajstić information content (AvgIpc) is 2.42. The fourth-order valence-corrected chi connectivity index (χ4v) is 1.65. The van der Waals surface area contributed by atoms with Crippen LogP contribution in [0.4, 0.5) is 5.82 Å².